The van der Waals surface area contributed by atoms with Crippen molar-refractivity contribution in [3.8, 4) is 0 Å². The molecule has 0 saturated carbocycles. The van der Waals surface area contributed by atoms with Gasteiger partial charge in [0.25, 0.3) is 0 Å². The van der Waals surface area contributed by atoms with Crippen molar-refractivity contribution >= 4 is 0 Å². The first-order chi connectivity index (χ1) is 6.45. The summed E-state index contributed by atoms with van der Waals surface area (Å²) < 4.78 is 5.66. The Morgan fingerprint density at radius 2 is 2.54 bits per heavy atom. The summed E-state index contributed by atoms with van der Waals surface area (Å²) in [4.78, 5) is 0. The molecule has 1 atom stereocenters. The third-order valence-electron chi connectivity index (χ3n) is 2.43. The number of hydrogen-bond donors (Lipinski definition) is 2. The molecule has 0 spiro atoms. The summed E-state index contributed by atoms with van der Waals surface area (Å²) in [6, 6.07) is 0. The Labute approximate surface area is 78.8 Å². The van der Waals surface area contributed by atoms with E-state index >= 15 is 0 Å². The second-order valence-electron chi connectivity index (χ2n) is 3.52. The molecule has 0 aromatic carbocycles. The number of ether oxygens (including phenoxy) is 1. The standard InChI is InChI=1S/C10H16N2O/c1-4-12-7-9(1)8-13-10-2-5-11-6-3-10/h2-3,5,9,11-12H,1,4,6-8H2. The topological polar surface area (TPSA) is 33.3 Å². The molecular formula is C10H16N2O. The lowest BCUT2D eigenvalue weighted by molar-refractivity contribution is 0.181. The fourth-order valence-electron chi connectivity index (χ4n) is 1.61. The van der Waals surface area contributed by atoms with Crippen LogP contribution < -0.4 is 10.6 Å². The Morgan fingerprint density at radius 1 is 1.54 bits per heavy atom. The van der Waals surface area contributed by atoms with Crippen molar-refractivity contribution in [2.45, 2.75) is 6.42 Å². The second-order valence-corrected chi connectivity index (χ2v) is 3.52. The molecule has 13 heavy (non-hydrogen) atoms. The molecule has 0 bridgehead atoms. The van der Waals surface area contributed by atoms with E-state index in [1.165, 1.54) is 6.42 Å². The molecule has 2 aliphatic rings. The van der Waals surface area contributed by atoms with Crippen LogP contribution >= 0.6 is 0 Å². The average Bonchev–Trinajstić information content (AvgIpc) is 2.69. The fraction of sp³-hybridized carbons (Fsp3) is 0.600. The highest BCUT2D eigenvalue weighted by Gasteiger charge is 2.14. The third kappa shape index (κ3) is 2.49. The highest BCUT2D eigenvalue weighted by atomic mass is 16.5. The molecule has 1 saturated heterocycles. The lowest BCUT2D eigenvalue weighted by atomic mass is 10.1. The maximum Gasteiger partial charge on any atom is 0.118 e. The van der Waals surface area contributed by atoms with Gasteiger partial charge in [-0.25, -0.2) is 0 Å². The Bertz CT molecular complexity index is 217. The maximum absolute atomic E-state index is 5.66. The predicted octanol–water partition coefficient (Wildman–Crippen LogP) is 0.613. The van der Waals surface area contributed by atoms with Crippen molar-refractivity contribution in [1.29, 1.82) is 0 Å². The number of allylic oxidation sites excluding steroid dienone is 1. The van der Waals surface area contributed by atoms with Gasteiger partial charge in [-0.05, 0) is 25.1 Å². The van der Waals surface area contributed by atoms with Crippen LogP contribution in [0, 0.1) is 5.92 Å². The van der Waals surface area contributed by atoms with Gasteiger partial charge in [-0.2, -0.15) is 0 Å². The number of dihydropyridines is 1. The molecule has 2 heterocycles. The summed E-state index contributed by atoms with van der Waals surface area (Å²) in [7, 11) is 0. The van der Waals surface area contributed by atoms with Gasteiger partial charge in [0.2, 0.25) is 0 Å². The largest absolute Gasteiger partial charge is 0.493 e. The fourth-order valence-corrected chi connectivity index (χ4v) is 1.61. The molecule has 1 unspecified atom stereocenters. The third-order valence-corrected chi connectivity index (χ3v) is 2.43. The van der Waals surface area contributed by atoms with Gasteiger partial charge in [-0.3, -0.25) is 0 Å². The van der Waals surface area contributed by atoms with Gasteiger partial charge in [0.1, 0.15) is 5.76 Å². The lowest BCUT2D eigenvalue weighted by Crippen LogP contribution is -2.15. The maximum atomic E-state index is 5.66. The quantitative estimate of drug-likeness (QED) is 0.667. The zero-order valence-corrected chi connectivity index (χ0v) is 7.75. The Balaban J connectivity index is 1.72. The molecule has 2 aliphatic heterocycles. The van der Waals surface area contributed by atoms with E-state index in [-0.39, 0.29) is 0 Å². The van der Waals surface area contributed by atoms with Crippen LogP contribution in [0.15, 0.2) is 24.1 Å². The van der Waals surface area contributed by atoms with Gasteiger partial charge in [0.05, 0.1) is 6.61 Å². The van der Waals surface area contributed by atoms with Gasteiger partial charge in [0.15, 0.2) is 0 Å². The van der Waals surface area contributed by atoms with E-state index in [4.69, 9.17) is 4.74 Å². The van der Waals surface area contributed by atoms with Crippen LogP contribution in [0.1, 0.15) is 6.42 Å². The molecule has 72 valence electrons. The Morgan fingerprint density at radius 3 is 3.23 bits per heavy atom. The predicted molar refractivity (Wildman–Crippen MR) is 52.2 cm³/mol. The zero-order chi connectivity index (χ0) is 8.93. The summed E-state index contributed by atoms with van der Waals surface area (Å²) >= 11 is 0. The molecular weight excluding hydrogens is 164 g/mol. The average molecular weight is 180 g/mol. The minimum atomic E-state index is 0.698. The molecule has 2 rings (SSSR count). The molecule has 0 aromatic heterocycles. The van der Waals surface area contributed by atoms with Crippen molar-refractivity contribution in [3.63, 3.8) is 0 Å². The highest BCUT2D eigenvalue weighted by Crippen LogP contribution is 2.11. The van der Waals surface area contributed by atoms with Crippen LogP contribution in [0.2, 0.25) is 0 Å². The van der Waals surface area contributed by atoms with E-state index in [9.17, 15) is 0 Å². The molecule has 3 heteroatoms. The summed E-state index contributed by atoms with van der Waals surface area (Å²) in [5.41, 5.74) is 0. The SMILES string of the molecule is C1=CC(OCC2CCNC2)=CCN1. The molecule has 0 aromatic rings. The smallest absolute Gasteiger partial charge is 0.118 e. The molecule has 0 aliphatic carbocycles. The van der Waals surface area contributed by atoms with Crippen LogP contribution in [0.25, 0.3) is 0 Å². The summed E-state index contributed by atoms with van der Waals surface area (Å²) in [5, 5.41) is 6.42. The first-order valence-electron chi connectivity index (χ1n) is 4.89. The van der Waals surface area contributed by atoms with E-state index < -0.39 is 0 Å². The Kier molecular flexibility index (Phi) is 2.87. The second kappa shape index (κ2) is 4.33. The van der Waals surface area contributed by atoms with Gasteiger partial charge in [-0.15, -0.1) is 0 Å². The zero-order valence-electron chi connectivity index (χ0n) is 7.75. The van der Waals surface area contributed by atoms with Crippen LogP contribution in [0.3, 0.4) is 0 Å². The highest BCUT2D eigenvalue weighted by molar-refractivity contribution is 5.15. The minimum absolute atomic E-state index is 0.698. The van der Waals surface area contributed by atoms with E-state index in [1.54, 1.807) is 0 Å². The monoisotopic (exact) mass is 180 g/mol. The van der Waals surface area contributed by atoms with Crippen LogP contribution in [-0.4, -0.2) is 26.2 Å². The van der Waals surface area contributed by atoms with Gasteiger partial charge in [0, 0.05) is 25.2 Å². The summed E-state index contributed by atoms with van der Waals surface area (Å²) in [5.74, 6) is 1.70. The van der Waals surface area contributed by atoms with Crippen molar-refractivity contribution < 1.29 is 4.74 Å². The number of rotatable bonds is 3. The van der Waals surface area contributed by atoms with Crippen molar-refractivity contribution in [2.24, 2.45) is 5.92 Å². The van der Waals surface area contributed by atoms with Crippen molar-refractivity contribution in [1.82, 2.24) is 10.6 Å². The Hall–Kier alpha value is -0.960. The van der Waals surface area contributed by atoms with Crippen molar-refractivity contribution in [2.75, 3.05) is 26.2 Å². The summed E-state index contributed by atoms with van der Waals surface area (Å²) in [6.07, 6.45) is 7.23. The first kappa shape index (κ1) is 8.63. The van der Waals surface area contributed by atoms with Crippen LogP contribution in [0.4, 0.5) is 0 Å². The summed E-state index contributed by atoms with van der Waals surface area (Å²) in [6.45, 7) is 3.98. The van der Waals surface area contributed by atoms with Gasteiger partial charge in [-0.1, -0.05) is 0 Å². The molecule has 2 N–H and O–H groups in total. The van der Waals surface area contributed by atoms with Crippen LogP contribution in [0.5, 0.6) is 0 Å². The first-order valence-corrected chi connectivity index (χ1v) is 4.89. The minimum Gasteiger partial charge on any atom is -0.493 e. The van der Waals surface area contributed by atoms with Gasteiger partial charge < -0.3 is 15.4 Å². The van der Waals surface area contributed by atoms with Gasteiger partial charge >= 0.3 is 0 Å². The van der Waals surface area contributed by atoms with E-state index in [0.29, 0.717) is 5.92 Å². The van der Waals surface area contributed by atoms with E-state index in [2.05, 4.69) is 16.7 Å². The molecule has 0 amide bonds. The lowest BCUT2D eigenvalue weighted by Gasteiger charge is -2.13. The van der Waals surface area contributed by atoms with E-state index in [1.807, 2.05) is 12.3 Å². The van der Waals surface area contributed by atoms with Crippen molar-refractivity contribution in [3.05, 3.63) is 24.1 Å². The number of hydrogen-bond acceptors (Lipinski definition) is 3. The van der Waals surface area contributed by atoms with E-state index in [0.717, 1.165) is 32.0 Å². The number of nitrogens with one attached hydrogen (secondary N) is 2. The molecule has 1 fully saturated rings. The molecule has 3 nitrogen and oxygen atoms in total. The molecule has 0 radical (unpaired) electrons. The van der Waals surface area contributed by atoms with Crippen LogP contribution in [-0.2, 0) is 4.74 Å². The normalized spacial score (nSPS) is 26.8.